The van der Waals surface area contributed by atoms with Crippen molar-refractivity contribution in [1.82, 2.24) is 4.90 Å². The number of carbonyl (C=O) groups is 3. The molecule has 1 saturated heterocycles. The van der Waals surface area contributed by atoms with Crippen molar-refractivity contribution in [3.8, 4) is 0 Å². The highest BCUT2D eigenvalue weighted by molar-refractivity contribution is 6.91. The van der Waals surface area contributed by atoms with Crippen molar-refractivity contribution in [2.75, 3.05) is 26.8 Å². The lowest BCUT2D eigenvalue weighted by Gasteiger charge is -2.23. The summed E-state index contributed by atoms with van der Waals surface area (Å²) in [5.74, 6) is -4.08. The summed E-state index contributed by atoms with van der Waals surface area (Å²) < 4.78 is 10.6. The monoisotopic (exact) mass is 375 g/mol. The van der Waals surface area contributed by atoms with Gasteiger partial charge >= 0.3 is 11.9 Å². The number of hydrogen-bond donors (Lipinski definition) is 0. The van der Waals surface area contributed by atoms with Crippen LogP contribution in [0.15, 0.2) is 10.2 Å². The molecule has 1 aliphatic heterocycles. The normalized spacial score (nSPS) is 20.4. The topological polar surface area (TPSA) is 72.9 Å². The molecule has 0 radical (unpaired) electrons. The Labute approximate surface area is 149 Å². The first-order valence-electron chi connectivity index (χ1n) is 8.03. The second kappa shape index (κ2) is 8.16. The molecule has 1 heterocycles. The minimum absolute atomic E-state index is 0.117. The summed E-state index contributed by atoms with van der Waals surface area (Å²) in [6, 6.07) is 0. The predicted octanol–water partition coefficient (Wildman–Crippen LogP) is 2.19. The molecule has 1 amide bonds. The van der Waals surface area contributed by atoms with Crippen LogP contribution in [0, 0.1) is 11.8 Å². The lowest BCUT2D eigenvalue weighted by Crippen LogP contribution is -2.39. The average Bonchev–Trinajstić information content (AvgIpc) is 2.75. The molecule has 6 nitrogen and oxygen atoms in total. The molecule has 0 saturated carbocycles. The van der Waals surface area contributed by atoms with Gasteiger partial charge in [-0.1, -0.05) is 31.2 Å². The number of rotatable bonds is 6. The van der Waals surface area contributed by atoms with Crippen LogP contribution in [-0.4, -0.2) is 57.6 Å². The van der Waals surface area contributed by atoms with Crippen LogP contribution in [0.5, 0.6) is 0 Å². The highest BCUT2D eigenvalue weighted by Gasteiger charge is 2.49. The Bertz CT molecular complexity index is 537. The molecule has 1 aliphatic rings. The molecule has 0 spiro atoms. The average molecular weight is 376 g/mol. The smallest absolute Gasteiger partial charge is 0.321 e. The number of carbonyl (C=O) groups excluding carboxylic acids is 3. The molecule has 136 valence electrons. The fourth-order valence-electron chi connectivity index (χ4n) is 2.68. The number of esters is 2. The molecule has 0 aliphatic carbocycles. The van der Waals surface area contributed by atoms with E-state index in [1.54, 1.807) is 20.9 Å². The molecule has 0 aromatic heterocycles. The Kier molecular flexibility index (Phi) is 7.04. The molecule has 0 aromatic carbocycles. The first-order chi connectivity index (χ1) is 11.1. The van der Waals surface area contributed by atoms with Gasteiger partial charge in [0.15, 0.2) is 5.92 Å². The van der Waals surface area contributed by atoms with E-state index in [1.807, 2.05) is 19.6 Å². The highest BCUT2D eigenvalue weighted by Crippen LogP contribution is 2.37. The number of nitrogens with zero attached hydrogens (tertiary/aromatic N) is 1. The van der Waals surface area contributed by atoms with Gasteiger partial charge in [0.1, 0.15) is 0 Å². The lowest BCUT2D eigenvalue weighted by atomic mass is 9.88. The number of halogens is 1. The van der Waals surface area contributed by atoms with Crippen molar-refractivity contribution in [3.05, 3.63) is 10.2 Å². The number of likely N-dealkylation sites (N-methyl/N-ethyl adjacent to an activating group) is 1. The van der Waals surface area contributed by atoms with E-state index in [-0.39, 0.29) is 19.1 Å². The van der Waals surface area contributed by atoms with Gasteiger partial charge in [-0.05, 0) is 19.4 Å². The minimum atomic E-state index is -1.92. The Morgan fingerprint density at radius 3 is 2.04 bits per heavy atom. The van der Waals surface area contributed by atoms with Gasteiger partial charge in [0.25, 0.3) is 0 Å². The minimum Gasteiger partial charge on any atom is -0.465 e. The Morgan fingerprint density at radius 2 is 1.67 bits per heavy atom. The van der Waals surface area contributed by atoms with Crippen LogP contribution in [-0.2, 0) is 23.9 Å². The van der Waals surface area contributed by atoms with Crippen LogP contribution < -0.4 is 0 Å². The van der Waals surface area contributed by atoms with E-state index in [1.165, 1.54) is 4.90 Å². The van der Waals surface area contributed by atoms with Crippen molar-refractivity contribution in [2.45, 2.75) is 33.5 Å². The molecule has 1 unspecified atom stereocenters. The molecule has 1 fully saturated rings. The van der Waals surface area contributed by atoms with E-state index in [2.05, 4.69) is 0 Å². The van der Waals surface area contributed by atoms with Gasteiger partial charge in [-0.15, -0.1) is 0 Å². The third-order valence-electron chi connectivity index (χ3n) is 3.78. The van der Waals surface area contributed by atoms with E-state index in [4.69, 9.17) is 21.1 Å². The maximum atomic E-state index is 12.6. The van der Waals surface area contributed by atoms with Crippen LogP contribution >= 0.6 is 11.6 Å². The molecular formula is C16H26ClNO5Si. The summed E-state index contributed by atoms with van der Waals surface area (Å²) in [4.78, 5) is 38.9. The highest BCUT2D eigenvalue weighted by atomic mass is 35.5. The van der Waals surface area contributed by atoms with Crippen molar-refractivity contribution in [2.24, 2.45) is 11.8 Å². The van der Waals surface area contributed by atoms with Crippen LogP contribution in [0.25, 0.3) is 0 Å². The lowest BCUT2D eigenvalue weighted by molar-refractivity contribution is -0.165. The first-order valence-corrected chi connectivity index (χ1v) is 11.9. The van der Waals surface area contributed by atoms with Gasteiger partial charge in [-0.2, -0.15) is 0 Å². The fraction of sp³-hybridized carbons (Fsp3) is 0.688. The summed E-state index contributed by atoms with van der Waals surface area (Å²) in [5, 5.41) is 0. The molecular weight excluding hydrogens is 350 g/mol. The van der Waals surface area contributed by atoms with Gasteiger partial charge in [0, 0.05) is 18.2 Å². The van der Waals surface area contributed by atoms with Crippen LogP contribution in [0.1, 0.15) is 13.8 Å². The molecule has 0 N–H and O–H groups in total. The van der Waals surface area contributed by atoms with Gasteiger partial charge in [0.2, 0.25) is 5.91 Å². The summed E-state index contributed by atoms with van der Waals surface area (Å²) >= 11 is 6.55. The Balaban J connectivity index is 3.42. The zero-order valence-electron chi connectivity index (χ0n) is 15.1. The van der Waals surface area contributed by atoms with E-state index >= 15 is 0 Å². The maximum Gasteiger partial charge on any atom is 0.321 e. The van der Waals surface area contributed by atoms with Gasteiger partial charge in [-0.25, -0.2) is 0 Å². The zero-order valence-corrected chi connectivity index (χ0v) is 16.9. The van der Waals surface area contributed by atoms with Gasteiger partial charge < -0.3 is 14.4 Å². The van der Waals surface area contributed by atoms with Crippen LogP contribution in [0.3, 0.4) is 0 Å². The summed E-state index contributed by atoms with van der Waals surface area (Å²) in [5.41, 5.74) is 0.634. The second-order valence-corrected chi connectivity index (χ2v) is 12.4. The maximum absolute atomic E-state index is 12.6. The molecule has 24 heavy (non-hydrogen) atoms. The number of likely N-dealkylation sites (tertiary alicyclic amines) is 1. The number of amides is 1. The van der Waals surface area contributed by atoms with E-state index < -0.39 is 31.8 Å². The van der Waals surface area contributed by atoms with E-state index in [9.17, 15) is 14.4 Å². The molecule has 1 atom stereocenters. The van der Waals surface area contributed by atoms with E-state index in [0.29, 0.717) is 16.8 Å². The summed E-state index contributed by atoms with van der Waals surface area (Å²) in [7, 11) is -0.288. The first kappa shape index (κ1) is 20.7. The molecule has 0 aromatic rings. The number of hydrogen-bond acceptors (Lipinski definition) is 5. The SMILES string of the molecule is CCOC(=O)C(C(=O)OCC)C1C(=O)N(C)C/C1=C(/Cl)[Si](C)(C)C. The zero-order chi connectivity index (χ0) is 18.7. The number of ether oxygens (including phenoxy) is 2. The van der Waals surface area contributed by atoms with Gasteiger partial charge in [0.05, 0.1) is 27.2 Å². The van der Waals surface area contributed by atoms with E-state index in [0.717, 1.165) is 0 Å². The Morgan fingerprint density at radius 1 is 1.21 bits per heavy atom. The van der Waals surface area contributed by atoms with Crippen LogP contribution in [0.2, 0.25) is 19.6 Å². The van der Waals surface area contributed by atoms with Gasteiger partial charge in [-0.3, -0.25) is 14.4 Å². The van der Waals surface area contributed by atoms with Crippen molar-refractivity contribution in [1.29, 1.82) is 0 Å². The third-order valence-corrected chi connectivity index (χ3v) is 7.36. The molecule has 1 rings (SSSR count). The second-order valence-electron chi connectivity index (χ2n) is 6.74. The molecule has 0 bridgehead atoms. The Hall–Kier alpha value is -1.34. The molecule has 8 heteroatoms. The fourth-order valence-corrected chi connectivity index (χ4v) is 4.06. The summed E-state index contributed by atoms with van der Waals surface area (Å²) in [6.45, 7) is 9.98. The van der Waals surface area contributed by atoms with Crippen molar-refractivity contribution >= 4 is 37.5 Å². The third kappa shape index (κ3) is 4.39. The van der Waals surface area contributed by atoms with Crippen molar-refractivity contribution < 1.29 is 23.9 Å². The summed E-state index contributed by atoms with van der Waals surface area (Å²) in [6.07, 6.45) is 0. The van der Waals surface area contributed by atoms with Crippen molar-refractivity contribution in [3.63, 3.8) is 0 Å². The largest absolute Gasteiger partial charge is 0.465 e. The standard InChI is InChI=1S/C16H26ClNO5Si/c1-7-22-15(20)12(16(21)23-8-2)11-10(9-18(3)14(11)19)13(17)24(4,5)6/h11-12H,7-9H2,1-6H3/b13-10+. The quantitative estimate of drug-likeness (QED) is 0.404. The van der Waals surface area contributed by atoms with Crippen LogP contribution in [0.4, 0.5) is 0 Å². The predicted molar refractivity (Wildman–Crippen MR) is 94.1 cm³/mol.